The van der Waals surface area contributed by atoms with Crippen LogP contribution in [0.5, 0.6) is 5.75 Å². The fourth-order valence-corrected chi connectivity index (χ4v) is 4.68. The van der Waals surface area contributed by atoms with E-state index in [2.05, 4.69) is 29.8 Å². The molecule has 0 spiro atoms. The van der Waals surface area contributed by atoms with Crippen LogP contribution in [-0.4, -0.2) is 102 Å². The second kappa shape index (κ2) is 11.5. The minimum absolute atomic E-state index is 0.245. The maximum Gasteiger partial charge on any atom is 0.241 e. The Morgan fingerprint density at radius 2 is 1.69 bits per heavy atom. The van der Waals surface area contributed by atoms with Gasteiger partial charge in [-0.3, -0.25) is 9.69 Å². The van der Waals surface area contributed by atoms with Crippen molar-refractivity contribution < 1.29 is 14.1 Å². The second-order valence-electron chi connectivity index (χ2n) is 9.16. The van der Waals surface area contributed by atoms with Crippen LogP contribution in [0, 0.1) is 0 Å². The first-order valence-electron chi connectivity index (χ1n) is 12.5. The summed E-state index contributed by atoms with van der Waals surface area (Å²) in [5.41, 5.74) is 0.901. The van der Waals surface area contributed by atoms with E-state index < -0.39 is 0 Å². The number of rotatable bonds is 8. The number of hydrogen-bond donors (Lipinski definition) is 0. The van der Waals surface area contributed by atoms with Gasteiger partial charge in [-0.05, 0) is 36.4 Å². The number of nitrogens with zero attached hydrogens (tertiary/aromatic N) is 7. The van der Waals surface area contributed by atoms with E-state index >= 15 is 0 Å². The van der Waals surface area contributed by atoms with E-state index in [1.165, 1.54) is 0 Å². The predicted molar refractivity (Wildman–Crippen MR) is 136 cm³/mol. The molecule has 2 aliphatic rings. The molecule has 0 saturated carbocycles. The van der Waals surface area contributed by atoms with Gasteiger partial charge in [0, 0.05) is 77.1 Å². The average Bonchev–Trinajstić information content (AvgIpc) is 3.41. The van der Waals surface area contributed by atoms with E-state index in [4.69, 9.17) is 9.26 Å². The Hall–Kier alpha value is -3.50. The Bertz CT molecular complexity index is 1110. The minimum atomic E-state index is 0.245. The Balaban J connectivity index is 1.01. The Morgan fingerprint density at radius 3 is 2.39 bits per heavy atom. The molecule has 2 aliphatic heterocycles. The van der Waals surface area contributed by atoms with E-state index in [0.29, 0.717) is 24.7 Å². The summed E-state index contributed by atoms with van der Waals surface area (Å²) in [5, 5.41) is 4.12. The average molecular weight is 492 g/mol. The van der Waals surface area contributed by atoms with Gasteiger partial charge in [-0.2, -0.15) is 4.98 Å². The predicted octanol–water partition coefficient (Wildman–Crippen LogP) is 2.00. The lowest BCUT2D eigenvalue weighted by atomic mass is 10.2. The maximum absolute atomic E-state index is 12.8. The molecule has 2 saturated heterocycles. The lowest BCUT2D eigenvalue weighted by Crippen LogP contribution is -2.50. The van der Waals surface area contributed by atoms with Crippen molar-refractivity contribution in [2.75, 3.05) is 70.9 Å². The smallest absolute Gasteiger partial charge is 0.241 e. The molecule has 2 aromatic heterocycles. The molecule has 190 valence electrons. The number of ether oxygens (including phenoxy) is 1. The van der Waals surface area contributed by atoms with E-state index in [1.54, 1.807) is 7.11 Å². The van der Waals surface area contributed by atoms with Crippen LogP contribution in [0.2, 0.25) is 0 Å². The van der Waals surface area contributed by atoms with Crippen LogP contribution in [0.15, 0.2) is 53.2 Å². The van der Waals surface area contributed by atoms with Crippen LogP contribution in [0.25, 0.3) is 11.4 Å². The summed E-state index contributed by atoms with van der Waals surface area (Å²) in [6.45, 7) is 8.30. The number of benzene rings is 1. The first-order chi connectivity index (χ1) is 17.7. The fourth-order valence-electron chi connectivity index (χ4n) is 4.68. The van der Waals surface area contributed by atoms with Crippen LogP contribution in [0.4, 0.5) is 5.82 Å². The van der Waals surface area contributed by atoms with Crippen molar-refractivity contribution in [1.29, 1.82) is 0 Å². The number of piperazine rings is 2. The van der Waals surface area contributed by atoms with E-state index in [9.17, 15) is 4.79 Å². The summed E-state index contributed by atoms with van der Waals surface area (Å²) in [4.78, 5) is 30.7. The molecule has 10 nitrogen and oxygen atoms in total. The third-order valence-corrected chi connectivity index (χ3v) is 6.89. The molecule has 0 atom stereocenters. The van der Waals surface area contributed by atoms with Gasteiger partial charge in [-0.1, -0.05) is 11.2 Å². The quantitative estimate of drug-likeness (QED) is 0.469. The number of carbonyl (C=O) groups is 1. The number of amides is 1. The van der Waals surface area contributed by atoms with Crippen molar-refractivity contribution in [1.82, 2.24) is 29.8 Å². The SMILES string of the molecule is COc1ccc(-c2noc(CN3CCN(CCC(=O)N4CCN(c5ccccn5)CC4)CC3)n2)cc1. The number of methoxy groups -OCH3 is 1. The molecule has 0 unspecified atom stereocenters. The van der Waals surface area contributed by atoms with Crippen molar-refractivity contribution >= 4 is 11.7 Å². The van der Waals surface area contributed by atoms with Gasteiger partial charge >= 0.3 is 0 Å². The van der Waals surface area contributed by atoms with Crippen LogP contribution in [0.1, 0.15) is 12.3 Å². The third kappa shape index (κ3) is 6.00. The van der Waals surface area contributed by atoms with Gasteiger partial charge in [0.2, 0.25) is 17.6 Å². The van der Waals surface area contributed by atoms with Crippen molar-refractivity contribution in [3.63, 3.8) is 0 Å². The number of aromatic nitrogens is 3. The first kappa shape index (κ1) is 24.2. The van der Waals surface area contributed by atoms with Crippen molar-refractivity contribution in [2.24, 2.45) is 0 Å². The summed E-state index contributed by atoms with van der Waals surface area (Å²) in [7, 11) is 1.64. The molecule has 0 aliphatic carbocycles. The van der Waals surface area contributed by atoms with E-state index in [1.807, 2.05) is 53.6 Å². The largest absolute Gasteiger partial charge is 0.497 e. The zero-order valence-corrected chi connectivity index (χ0v) is 20.8. The van der Waals surface area contributed by atoms with Gasteiger partial charge < -0.3 is 24.0 Å². The second-order valence-corrected chi connectivity index (χ2v) is 9.16. The van der Waals surface area contributed by atoms with E-state index in [0.717, 1.165) is 76.0 Å². The highest BCUT2D eigenvalue weighted by molar-refractivity contribution is 5.76. The summed E-state index contributed by atoms with van der Waals surface area (Å²) in [5.74, 6) is 3.24. The molecule has 0 radical (unpaired) electrons. The number of hydrogen-bond acceptors (Lipinski definition) is 9. The van der Waals surface area contributed by atoms with Crippen LogP contribution < -0.4 is 9.64 Å². The highest BCUT2D eigenvalue weighted by atomic mass is 16.5. The van der Waals surface area contributed by atoms with E-state index in [-0.39, 0.29) is 5.91 Å². The van der Waals surface area contributed by atoms with Crippen LogP contribution in [0.3, 0.4) is 0 Å². The lowest BCUT2D eigenvalue weighted by Gasteiger charge is -2.36. The van der Waals surface area contributed by atoms with Gasteiger partial charge in [0.15, 0.2) is 0 Å². The Labute approximate surface area is 211 Å². The Morgan fingerprint density at radius 1 is 0.944 bits per heavy atom. The molecule has 3 aromatic rings. The Kier molecular flexibility index (Phi) is 7.73. The van der Waals surface area contributed by atoms with Gasteiger partial charge in [-0.25, -0.2) is 4.98 Å². The molecule has 36 heavy (non-hydrogen) atoms. The summed E-state index contributed by atoms with van der Waals surface area (Å²) in [6.07, 6.45) is 2.38. The highest BCUT2D eigenvalue weighted by Gasteiger charge is 2.24. The van der Waals surface area contributed by atoms with Crippen LogP contribution >= 0.6 is 0 Å². The molecule has 0 bridgehead atoms. The molecule has 2 fully saturated rings. The number of carbonyl (C=O) groups excluding carboxylic acids is 1. The third-order valence-electron chi connectivity index (χ3n) is 6.89. The molecule has 4 heterocycles. The topological polar surface area (TPSA) is 91.1 Å². The normalized spacial score (nSPS) is 17.4. The molecule has 1 aromatic carbocycles. The number of anilines is 1. The van der Waals surface area contributed by atoms with Crippen molar-refractivity contribution in [3.05, 3.63) is 54.6 Å². The molecule has 0 N–H and O–H groups in total. The van der Waals surface area contributed by atoms with Crippen molar-refractivity contribution in [3.8, 4) is 17.1 Å². The molecular formula is C26H33N7O3. The fraction of sp³-hybridized carbons (Fsp3) is 0.462. The highest BCUT2D eigenvalue weighted by Crippen LogP contribution is 2.20. The lowest BCUT2D eigenvalue weighted by molar-refractivity contribution is -0.131. The van der Waals surface area contributed by atoms with Gasteiger partial charge in [0.1, 0.15) is 11.6 Å². The zero-order chi connectivity index (χ0) is 24.7. The maximum atomic E-state index is 12.8. The molecule has 1 amide bonds. The minimum Gasteiger partial charge on any atom is -0.497 e. The zero-order valence-electron chi connectivity index (χ0n) is 20.8. The molecular weight excluding hydrogens is 458 g/mol. The number of pyridine rings is 1. The molecule has 10 heteroatoms. The molecule has 5 rings (SSSR count). The van der Waals surface area contributed by atoms with Gasteiger partial charge in [0.25, 0.3) is 0 Å². The van der Waals surface area contributed by atoms with Gasteiger partial charge in [0.05, 0.1) is 13.7 Å². The van der Waals surface area contributed by atoms with Gasteiger partial charge in [-0.15, -0.1) is 0 Å². The van der Waals surface area contributed by atoms with Crippen molar-refractivity contribution in [2.45, 2.75) is 13.0 Å². The summed E-state index contributed by atoms with van der Waals surface area (Å²) >= 11 is 0. The first-order valence-corrected chi connectivity index (χ1v) is 12.5. The summed E-state index contributed by atoms with van der Waals surface area (Å²) < 4.78 is 10.7. The standard InChI is InChI=1S/C26H33N7O3/c1-35-22-7-5-21(6-8-22)26-28-24(36-29-26)20-31-14-12-30(13-15-31)11-9-25(34)33-18-16-32(17-19-33)23-4-2-3-10-27-23/h2-8,10H,9,11-20H2,1H3. The van der Waals surface area contributed by atoms with Crippen LogP contribution in [-0.2, 0) is 11.3 Å². The summed E-state index contributed by atoms with van der Waals surface area (Å²) in [6, 6.07) is 13.6. The monoisotopic (exact) mass is 491 g/mol.